The summed E-state index contributed by atoms with van der Waals surface area (Å²) in [6.07, 6.45) is 3.58. The van der Waals surface area contributed by atoms with Gasteiger partial charge in [-0.3, -0.25) is 0 Å². The van der Waals surface area contributed by atoms with Gasteiger partial charge in [-0.2, -0.15) is 9.67 Å². The Hall–Kier alpha value is -1.91. The molecular formula is C11H15N5. The van der Waals surface area contributed by atoms with E-state index in [1.807, 2.05) is 19.1 Å². The second-order valence-electron chi connectivity index (χ2n) is 3.74. The van der Waals surface area contributed by atoms with Gasteiger partial charge < -0.3 is 5.73 Å². The van der Waals surface area contributed by atoms with Gasteiger partial charge in [-0.1, -0.05) is 6.92 Å². The maximum atomic E-state index is 5.80. The van der Waals surface area contributed by atoms with Gasteiger partial charge in [0.25, 0.3) is 0 Å². The van der Waals surface area contributed by atoms with Crippen molar-refractivity contribution in [2.75, 3.05) is 5.73 Å². The summed E-state index contributed by atoms with van der Waals surface area (Å²) < 4.78 is 1.58. The lowest BCUT2D eigenvalue weighted by Crippen LogP contribution is -2.04. The fraction of sp³-hybridized carbons (Fsp3) is 0.364. The van der Waals surface area contributed by atoms with Crippen LogP contribution in [0.5, 0.6) is 0 Å². The van der Waals surface area contributed by atoms with Crippen LogP contribution in [-0.2, 0) is 6.42 Å². The second-order valence-corrected chi connectivity index (χ2v) is 3.74. The molecule has 0 unspecified atom stereocenters. The van der Waals surface area contributed by atoms with Gasteiger partial charge in [-0.25, -0.2) is 4.98 Å². The fourth-order valence-electron chi connectivity index (χ4n) is 1.50. The molecule has 5 heteroatoms. The second kappa shape index (κ2) is 4.30. The van der Waals surface area contributed by atoms with E-state index >= 15 is 0 Å². The van der Waals surface area contributed by atoms with Gasteiger partial charge in [-0.15, -0.1) is 5.10 Å². The van der Waals surface area contributed by atoms with Crippen LogP contribution in [0.1, 0.15) is 24.7 Å². The molecule has 84 valence electrons. The van der Waals surface area contributed by atoms with Gasteiger partial charge in [0.05, 0.1) is 0 Å². The van der Waals surface area contributed by atoms with E-state index < -0.39 is 0 Å². The molecule has 0 bridgehead atoms. The molecule has 0 saturated carbocycles. The van der Waals surface area contributed by atoms with Crippen LogP contribution < -0.4 is 5.73 Å². The van der Waals surface area contributed by atoms with Gasteiger partial charge in [0.15, 0.2) is 11.6 Å². The number of aromatic nitrogens is 4. The maximum absolute atomic E-state index is 5.80. The molecule has 2 heterocycles. The Morgan fingerprint density at radius 2 is 2.25 bits per heavy atom. The number of nitrogen functional groups attached to an aromatic ring is 1. The SMILES string of the molecule is CCCc1nc(N)n(-c2cc(C)ccn2)n1. The minimum absolute atomic E-state index is 0.390. The highest BCUT2D eigenvalue weighted by Crippen LogP contribution is 2.10. The van der Waals surface area contributed by atoms with Crippen LogP contribution in [0.2, 0.25) is 0 Å². The summed E-state index contributed by atoms with van der Waals surface area (Å²) in [6.45, 7) is 4.09. The Balaban J connectivity index is 2.40. The molecule has 0 aliphatic carbocycles. The highest BCUT2D eigenvalue weighted by molar-refractivity contribution is 5.33. The van der Waals surface area contributed by atoms with Crippen molar-refractivity contribution in [2.24, 2.45) is 0 Å². The minimum Gasteiger partial charge on any atom is -0.368 e. The normalized spacial score (nSPS) is 10.6. The van der Waals surface area contributed by atoms with Gasteiger partial charge in [0, 0.05) is 12.6 Å². The topological polar surface area (TPSA) is 69.6 Å². The fourth-order valence-corrected chi connectivity index (χ4v) is 1.50. The number of rotatable bonds is 3. The van der Waals surface area contributed by atoms with Crippen molar-refractivity contribution < 1.29 is 0 Å². The number of hydrogen-bond donors (Lipinski definition) is 1. The molecular weight excluding hydrogens is 202 g/mol. The number of hydrogen-bond acceptors (Lipinski definition) is 4. The number of nitrogens with zero attached hydrogens (tertiary/aromatic N) is 4. The lowest BCUT2D eigenvalue weighted by molar-refractivity contribution is 0.788. The predicted octanol–water partition coefficient (Wildman–Crippen LogP) is 1.51. The molecule has 2 aromatic rings. The van der Waals surface area contributed by atoms with Crippen LogP contribution in [0.3, 0.4) is 0 Å². The van der Waals surface area contributed by atoms with E-state index in [1.165, 1.54) is 0 Å². The minimum atomic E-state index is 0.390. The van der Waals surface area contributed by atoms with Gasteiger partial charge in [-0.05, 0) is 31.0 Å². The Labute approximate surface area is 94.3 Å². The van der Waals surface area contributed by atoms with Crippen molar-refractivity contribution in [1.29, 1.82) is 0 Å². The summed E-state index contributed by atoms with van der Waals surface area (Å²) in [4.78, 5) is 8.42. The van der Waals surface area contributed by atoms with Gasteiger partial charge >= 0.3 is 0 Å². The molecule has 0 aliphatic rings. The van der Waals surface area contributed by atoms with Crippen molar-refractivity contribution in [1.82, 2.24) is 19.7 Å². The Bertz CT molecular complexity index is 489. The van der Waals surface area contributed by atoms with Crippen LogP contribution in [0.25, 0.3) is 5.82 Å². The van der Waals surface area contributed by atoms with E-state index in [0.717, 1.165) is 24.2 Å². The standard InChI is InChI=1S/C11H15N5/c1-3-4-9-14-11(12)16(15-9)10-7-8(2)5-6-13-10/h5-7H,3-4H2,1-2H3,(H2,12,14,15). The maximum Gasteiger partial charge on any atom is 0.225 e. The van der Waals surface area contributed by atoms with E-state index in [9.17, 15) is 0 Å². The highest BCUT2D eigenvalue weighted by atomic mass is 15.4. The van der Waals surface area contributed by atoms with Crippen LogP contribution in [-0.4, -0.2) is 19.7 Å². The molecule has 2 aromatic heterocycles. The van der Waals surface area contributed by atoms with E-state index in [-0.39, 0.29) is 0 Å². The molecule has 0 atom stereocenters. The molecule has 0 aliphatic heterocycles. The third-order valence-electron chi connectivity index (χ3n) is 2.27. The Kier molecular flexibility index (Phi) is 2.85. The van der Waals surface area contributed by atoms with Crippen LogP contribution in [0.4, 0.5) is 5.95 Å². The first-order chi connectivity index (χ1) is 7.70. The highest BCUT2D eigenvalue weighted by Gasteiger charge is 2.08. The predicted molar refractivity (Wildman–Crippen MR) is 62.3 cm³/mol. The average Bonchev–Trinajstić information content (AvgIpc) is 2.60. The van der Waals surface area contributed by atoms with Gasteiger partial charge in [0.2, 0.25) is 5.95 Å². The summed E-state index contributed by atoms with van der Waals surface area (Å²) >= 11 is 0. The summed E-state index contributed by atoms with van der Waals surface area (Å²) in [5, 5.41) is 4.33. The van der Waals surface area contributed by atoms with Crippen molar-refractivity contribution in [3.8, 4) is 5.82 Å². The van der Waals surface area contributed by atoms with E-state index in [4.69, 9.17) is 5.73 Å². The van der Waals surface area contributed by atoms with Crippen molar-refractivity contribution in [2.45, 2.75) is 26.7 Å². The van der Waals surface area contributed by atoms with E-state index in [1.54, 1.807) is 10.9 Å². The van der Waals surface area contributed by atoms with Crippen LogP contribution in [0, 0.1) is 6.92 Å². The largest absolute Gasteiger partial charge is 0.368 e. The van der Waals surface area contributed by atoms with Crippen LogP contribution >= 0.6 is 0 Å². The lowest BCUT2D eigenvalue weighted by Gasteiger charge is -2.01. The van der Waals surface area contributed by atoms with Gasteiger partial charge in [0.1, 0.15) is 0 Å². The average molecular weight is 217 g/mol. The number of aryl methyl sites for hydroxylation is 2. The molecule has 2 rings (SSSR count). The number of anilines is 1. The molecule has 0 saturated heterocycles. The third kappa shape index (κ3) is 2.03. The van der Waals surface area contributed by atoms with E-state index in [0.29, 0.717) is 11.8 Å². The number of nitrogens with two attached hydrogens (primary N) is 1. The Morgan fingerprint density at radius 3 is 2.94 bits per heavy atom. The van der Waals surface area contributed by atoms with Crippen molar-refractivity contribution in [3.63, 3.8) is 0 Å². The first-order valence-corrected chi connectivity index (χ1v) is 5.35. The third-order valence-corrected chi connectivity index (χ3v) is 2.27. The van der Waals surface area contributed by atoms with Crippen LogP contribution in [0.15, 0.2) is 18.3 Å². The zero-order chi connectivity index (χ0) is 11.5. The quantitative estimate of drug-likeness (QED) is 0.846. The van der Waals surface area contributed by atoms with E-state index in [2.05, 4.69) is 22.0 Å². The molecule has 0 fully saturated rings. The molecule has 0 amide bonds. The lowest BCUT2D eigenvalue weighted by atomic mass is 10.3. The van der Waals surface area contributed by atoms with Crippen molar-refractivity contribution in [3.05, 3.63) is 29.7 Å². The molecule has 0 aromatic carbocycles. The molecule has 0 spiro atoms. The monoisotopic (exact) mass is 217 g/mol. The van der Waals surface area contributed by atoms with Crippen molar-refractivity contribution >= 4 is 5.95 Å². The molecule has 5 nitrogen and oxygen atoms in total. The molecule has 16 heavy (non-hydrogen) atoms. The molecule has 0 radical (unpaired) electrons. The summed E-state index contributed by atoms with van der Waals surface area (Å²) in [5.41, 5.74) is 6.93. The first-order valence-electron chi connectivity index (χ1n) is 5.35. The summed E-state index contributed by atoms with van der Waals surface area (Å²) in [7, 11) is 0. The summed E-state index contributed by atoms with van der Waals surface area (Å²) in [5.74, 6) is 1.87. The number of pyridine rings is 1. The molecule has 2 N–H and O–H groups in total. The summed E-state index contributed by atoms with van der Waals surface area (Å²) in [6, 6.07) is 3.87. The first kappa shape index (κ1) is 10.6. The zero-order valence-corrected chi connectivity index (χ0v) is 9.51. The zero-order valence-electron chi connectivity index (χ0n) is 9.51. The Morgan fingerprint density at radius 1 is 1.44 bits per heavy atom. The smallest absolute Gasteiger partial charge is 0.225 e.